The number of likely N-dealkylation sites (N-methyl/N-ethyl adjacent to an activating group) is 1. The van der Waals surface area contributed by atoms with Crippen LogP contribution in [0.5, 0.6) is 0 Å². The number of aromatic amines is 2. The Bertz CT molecular complexity index is 1400. The number of aromatic nitrogens is 4. The molecule has 0 saturated heterocycles. The van der Waals surface area contributed by atoms with Crippen LogP contribution in [0.1, 0.15) is 31.9 Å². The molecule has 0 saturated carbocycles. The van der Waals surface area contributed by atoms with Crippen molar-refractivity contribution in [3.05, 3.63) is 65.9 Å². The zero-order valence-electron chi connectivity index (χ0n) is 18.6. The van der Waals surface area contributed by atoms with Gasteiger partial charge in [-0.05, 0) is 50.1 Å². The van der Waals surface area contributed by atoms with Crippen LogP contribution in [-0.2, 0) is 15.0 Å². The van der Waals surface area contributed by atoms with Crippen molar-refractivity contribution in [2.45, 2.75) is 26.2 Å². The van der Waals surface area contributed by atoms with Gasteiger partial charge in [0, 0.05) is 12.6 Å². The van der Waals surface area contributed by atoms with Gasteiger partial charge in [-0.3, -0.25) is 14.7 Å². The quantitative estimate of drug-likeness (QED) is 0.403. The summed E-state index contributed by atoms with van der Waals surface area (Å²) in [5, 5.41) is 9.85. The first-order chi connectivity index (χ1) is 15.9. The fourth-order valence-corrected chi connectivity index (χ4v) is 4.24. The predicted molar refractivity (Wildman–Crippen MR) is 129 cm³/mol. The number of carbonyl (C=O) groups excluding carboxylic acids is 2. The summed E-state index contributed by atoms with van der Waals surface area (Å²) in [7, 11) is 0. The normalized spacial score (nSPS) is 14.9. The summed E-state index contributed by atoms with van der Waals surface area (Å²) in [6.45, 7) is 6.46. The molecule has 4 aromatic rings. The van der Waals surface area contributed by atoms with Crippen LogP contribution in [0, 0.1) is 0 Å². The molecule has 0 aliphatic carbocycles. The largest absolute Gasteiger partial charge is 0.337 e. The van der Waals surface area contributed by atoms with Crippen LogP contribution >= 0.6 is 0 Å². The number of benzene rings is 2. The number of imidazole rings is 1. The molecule has 2 aromatic carbocycles. The van der Waals surface area contributed by atoms with Crippen LogP contribution in [-0.4, -0.2) is 38.5 Å². The Morgan fingerprint density at radius 3 is 2.76 bits per heavy atom. The molecular weight excluding hydrogens is 416 g/mol. The van der Waals surface area contributed by atoms with Crippen molar-refractivity contribution in [2.24, 2.45) is 0 Å². The number of H-pyrrole nitrogens is 2. The van der Waals surface area contributed by atoms with Crippen molar-refractivity contribution in [3.63, 3.8) is 0 Å². The smallest absolute Gasteiger partial charge is 0.248 e. The third kappa shape index (κ3) is 3.49. The number of fused-ring (bicyclic) bond motifs is 2. The third-order valence-corrected chi connectivity index (χ3v) is 6.02. The number of anilines is 2. The minimum absolute atomic E-state index is 0.0926. The first-order valence-electron chi connectivity index (χ1n) is 10.8. The predicted octanol–water partition coefficient (Wildman–Crippen LogP) is 4.25. The molecule has 8 nitrogen and oxygen atoms in total. The van der Waals surface area contributed by atoms with E-state index < -0.39 is 5.41 Å². The second kappa shape index (κ2) is 7.74. The van der Waals surface area contributed by atoms with E-state index in [9.17, 15) is 9.59 Å². The van der Waals surface area contributed by atoms with Gasteiger partial charge in [0.25, 0.3) is 0 Å². The summed E-state index contributed by atoms with van der Waals surface area (Å²) in [4.78, 5) is 35.0. The highest BCUT2D eigenvalue weighted by Gasteiger charge is 2.43. The molecule has 1 aliphatic rings. The Labute approximate surface area is 190 Å². The van der Waals surface area contributed by atoms with Crippen LogP contribution in [0.4, 0.5) is 11.4 Å². The average molecular weight is 441 g/mol. The molecule has 5 rings (SSSR count). The molecule has 1 aliphatic heterocycles. The highest BCUT2D eigenvalue weighted by molar-refractivity contribution is 6.09. The van der Waals surface area contributed by atoms with E-state index in [1.165, 1.54) is 6.08 Å². The number of rotatable bonds is 5. The lowest BCUT2D eigenvalue weighted by Gasteiger charge is -2.18. The Kier molecular flexibility index (Phi) is 4.85. The molecule has 8 heteroatoms. The maximum absolute atomic E-state index is 12.8. The first-order valence-corrected chi connectivity index (χ1v) is 10.8. The van der Waals surface area contributed by atoms with Gasteiger partial charge in [0.15, 0.2) is 5.82 Å². The molecule has 3 heterocycles. The summed E-state index contributed by atoms with van der Waals surface area (Å²) in [5.74, 6) is 0.381. The minimum Gasteiger partial charge on any atom is -0.337 e. The minimum atomic E-state index is -0.594. The fraction of sp³-hybridized carbons (Fsp3) is 0.200. The van der Waals surface area contributed by atoms with E-state index in [0.717, 1.165) is 27.8 Å². The molecular formula is C25H24N6O2. The van der Waals surface area contributed by atoms with E-state index in [1.807, 2.05) is 63.2 Å². The van der Waals surface area contributed by atoms with Gasteiger partial charge >= 0.3 is 0 Å². The molecule has 33 heavy (non-hydrogen) atoms. The lowest BCUT2D eigenvalue weighted by Crippen LogP contribution is -2.35. The van der Waals surface area contributed by atoms with E-state index >= 15 is 0 Å². The van der Waals surface area contributed by atoms with E-state index in [4.69, 9.17) is 4.98 Å². The Balaban J connectivity index is 1.45. The topological polar surface area (TPSA) is 107 Å². The number of nitrogens with one attached hydrogen (secondary N) is 3. The van der Waals surface area contributed by atoms with Crippen molar-refractivity contribution in [3.8, 4) is 11.5 Å². The Morgan fingerprint density at radius 1 is 1.21 bits per heavy atom. The molecule has 0 bridgehead atoms. The van der Waals surface area contributed by atoms with Crippen LogP contribution in [0.2, 0.25) is 0 Å². The maximum atomic E-state index is 12.8. The lowest BCUT2D eigenvalue weighted by molar-refractivity contribution is -0.122. The van der Waals surface area contributed by atoms with Crippen LogP contribution in [0.3, 0.4) is 0 Å². The molecule has 2 amide bonds. The van der Waals surface area contributed by atoms with E-state index in [2.05, 4.69) is 20.5 Å². The van der Waals surface area contributed by atoms with E-state index in [-0.39, 0.29) is 11.8 Å². The summed E-state index contributed by atoms with van der Waals surface area (Å²) in [6, 6.07) is 13.5. The standard InChI is InChI=1S/C25H24N6O2/c1-4-31-20-13-18-17(12-16(20)25(2,3)24(31)33)28-23(29-18)22-19(14-26-30-22)27-21(32)11-10-15-8-6-5-7-9-15/h5-14H,4H2,1-3H3,(H,26,30)(H,27,32)(H,28,29)/b11-10+. The van der Waals surface area contributed by atoms with Crippen molar-refractivity contribution in [1.29, 1.82) is 0 Å². The molecule has 0 unspecified atom stereocenters. The average Bonchev–Trinajstić information content (AvgIpc) is 3.48. The first kappa shape index (κ1) is 20.7. The number of hydrogen-bond donors (Lipinski definition) is 3. The van der Waals surface area contributed by atoms with Crippen molar-refractivity contribution in [2.75, 3.05) is 16.8 Å². The van der Waals surface area contributed by atoms with Gasteiger partial charge in [-0.1, -0.05) is 30.3 Å². The summed E-state index contributed by atoms with van der Waals surface area (Å²) in [5.41, 5.74) is 4.87. The van der Waals surface area contributed by atoms with Crippen LogP contribution in [0.15, 0.2) is 54.7 Å². The van der Waals surface area contributed by atoms with Crippen molar-refractivity contribution >= 4 is 40.3 Å². The molecule has 0 radical (unpaired) electrons. The Morgan fingerprint density at radius 2 is 2.00 bits per heavy atom. The fourth-order valence-electron chi connectivity index (χ4n) is 4.24. The molecule has 0 spiro atoms. The molecule has 166 valence electrons. The number of amides is 2. The van der Waals surface area contributed by atoms with Gasteiger partial charge in [0.05, 0.1) is 34.0 Å². The second-order valence-electron chi connectivity index (χ2n) is 8.54. The highest BCUT2D eigenvalue weighted by Crippen LogP contribution is 2.43. The zero-order valence-corrected chi connectivity index (χ0v) is 18.6. The van der Waals surface area contributed by atoms with Crippen molar-refractivity contribution in [1.82, 2.24) is 20.2 Å². The van der Waals surface area contributed by atoms with E-state index in [1.54, 1.807) is 17.2 Å². The molecule has 2 aromatic heterocycles. The maximum Gasteiger partial charge on any atom is 0.248 e. The Hall–Kier alpha value is -4.20. The molecule has 0 fully saturated rings. The van der Waals surface area contributed by atoms with E-state index in [0.29, 0.717) is 23.8 Å². The molecule has 3 N–H and O–H groups in total. The number of hydrogen-bond acceptors (Lipinski definition) is 4. The van der Waals surface area contributed by atoms with Gasteiger partial charge in [-0.15, -0.1) is 0 Å². The lowest BCUT2D eigenvalue weighted by atomic mass is 9.86. The monoisotopic (exact) mass is 440 g/mol. The third-order valence-electron chi connectivity index (χ3n) is 6.02. The zero-order chi connectivity index (χ0) is 23.2. The second-order valence-corrected chi connectivity index (χ2v) is 8.54. The number of carbonyl (C=O) groups is 2. The summed E-state index contributed by atoms with van der Waals surface area (Å²) >= 11 is 0. The summed E-state index contributed by atoms with van der Waals surface area (Å²) in [6.07, 6.45) is 4.78. The SMILES string of the molecule is CCN1C(=O)C(C)(C)c2cc3[nH]c(-c4[nH]ncc4NC(=O)/C=C/c4ccccc4)nc3cc21. The van der Waals surface area contributed by atoms with Crippen molar-refractivity contribution < 1.29 is 9.59 Å². The molecule has 0 atom stereocenters. The van der Waals surface area contributed by atoms with Crippen LogP contribution < -0.4 is 10.2 Å². The van der Waals surface area contributed by atoms with Gasteiger partial charge < -0.3 is 15.2 Å². The van der Waals surface area contributed by atoms with Gasteiger partial charge in [-0.25, -0.2) is 4.98 Å². The summed E-state index contributed by atoms with van der Waals surface area (Å²) < 4.78 is 0. The van der Waals surface area contributed by atoms with Gasteiger partial charge in [-0.2, -0.15) is 5.10 Å². The van der Waals surface area contributed by atoms with Gasteiger partial charge in [0.2, 0.25) is 11.8 Å². The van der Waals surface area contributed by atoms with Gasteiger partial charge in [0.1, 0.15) is 5.69 Å². The highest BCUT2D eigenvalue weighted by atomic mass is 16.2. The number of nitrogens with zero attached hydrogens (tertiary/aromatic N) is 3. The van der Waals surface area contributed by atoms with Crippen LogP contribution in [0.25, 0.3) is 28.6 Å².